The van der Waals surface area contributed by atoms with Crippen molar-refractivity contribution in [2.24, 2.45) is 0 Å². The van der Waals surface area contributed by atoms with Gasteiger partial charge in [0, 0.05) is 42.8 Å². The van der Waals surface area contributed by atoms with E-state index in [9.17, 15) is 4.79 Å². The number of aromatic nitrogens is 3. The number of nitrogens with two attached hydrogens (primary N) is 1. The van der Waals surface area contributed by atoms with Crippen LogP contribution in [0.15, 0.2) is 24.5 Å². The van der Waals surface area contributed by atoms with Gasteiger partial charge in [-0.1, -0.05) is 0 Å². The van der Waals surface area contributed by atoms with Crippen LogP contribution >= 0.6 is 0 Å². The molecule has 1 amide bonds. The minimum absolute atomic E-state index is 0.0147. The van der Waals surface area contributed by atoms with Gasteiger partial charge in [-0.25, -0.2) is 0 Å². The Kier molecular flexibility index (Phi) is 2.98. The molecule has 3 rings (SSSR count). The highest BCUT2D eigenvalue weighted by molar-refractivity contribution is 5.93. The Labute approximate surface area is 111 Å². The van der Waals surface area contributed by atoms with Gasteiger partial charge in [0.2, 0.25) is 0 Å². The third kappa shape index (κ3) is 2.33. The van der Waals surface area contributed by atoms with Gasteiger partial charge in [-0.15, -0.1) is 0 Å². The van der Waals surface area contributed by atoms with E-state index < -0.39 is 0 Å². The molecule has 0 spiro atoms. The third-order valence-corrected chi connectivity index (χ3v) is 3.61. The Balaban J connectivity index is 1.73. The number of H-pyrrole nitrogens is 2. The number of nitrogen functional groups attached to an aromatic ring is 1. The monoisotopic (exact) mass is 259 g/mol. The van der Waals surface area contributed by atoms with Crippen molar-refractivity contribution in [2.45, 2.75) is 18.8 Å². The summed E-state index contributed by atoms with van der Waals surface area (Å²) < 4.78 is 0. The van der Waals surface area contributed by atoms with E-state index in [2.05, 4.69) is 15.2 Å². The number of hydrogen-bond acceptors (Lipinski definition) is 3. The van der Waals surface area contributed by atoms with Gasteiger partial charge in [-0.2, -0.15) is 5.10 Å². The van der Waals surface area contributed by atoms with Gasteiger partial charge in [0.1, 0.15) is 5.69 Å². The van der Waals surface area contributed by atoms with Gasteiger partial charge in [0.05, 0.1) is 0 Å². The molecule has 6 heteroatoms. The fourth-order valence-corrected chi connectivity index (χ4v) is 2.61. The van der Waals surface area contributed by atoms with Crippen LogP contribution in [0.5, 0.6) is 0 Å². The number of piperidine rings is 1. The Morgan fingerprint density at radius 1 is 1.53 bits per heavy atom. The summed E-state index contributed by atoms with van der Waals surface area (Å²) in [6, 6.07) is 3.66. The SMILES string of the molecule is Nc1c[nH]c(C(=O)N2CCCC(c3ccn[nH]3)C2)c1. The maximum absolute atomic E-state index is 12.3. The highest BCUT2D eigenvalue weighted by Gasteiger charge is 2.26. The number of hydrogen-bond donors (Lipinski definition) is 3. The average Bonchev–Trinajstić information content (AvgIpc) is 3.09. The summed E-state index contributed by atoms with van der Waals surface area (Å²) in [5.74, 6) is 0.355. The predicted molar refractivity (Wildman–Crippen MR) is 71.7 cm³/mol. The Morgan fingerprint density at radius 2 is 2.42 bits per heavy atom. The first-order chi connectivity index (χ1) is 9.24. The summed E-state index contributed by atoms with van der Waals surface area (Å²) in [5, 5.41) is 6.97. The van der Waals surface area contributed by atoms with Crippen LogP contribution in [0, 0.1) is 0 Å². The molecule has 0 aromatic carbocycles. The lowest BCUT2D eigenvalue weighted by atomic mass is 9.95. The van der Waals surface area contributed by atoms with Gasteiger partial charge >= 0.3 is 0 Å². The molecule has 19 heavy (non-hydrogen) atoms. The molecule has 0 bridgehead atoms. The molecule has 1 aliphatic heterocycles. The van der Waals surface area contributed by atoms with Crippen molar-refractivity contribution in [3.05, 3.63) is 35.9 Å². The van der Waals surface area contributed by atoms with E-state index in [0.29, 0.717) is 17.3 Å². The van der Waals surface area contributed by atoms with E-state index in [4.69, 9.17) is 5.73 Å². The number of amides is 1. The number of aromatic amines is 2. The van der Waals surface area contributed by atoms with Crippen LogP contribution in [0.25, 0.3) is 0 Å². The van der Waals surface area contributed by atoms with Gasteiger partial charge in [-0.05, 0) is 25.0 Å². The molecule has 4 N–H and O–H groups in total. The number of anilines is 1. The molecule has 1 saturated heterocycles. The minimum Gasteiger partial charge on any atom is -0.397 e. The quantitative estimate of drug-likeness (QED) is 0.760. The van der Waals surface area contributed by atoms with E-state index >= 15 is 0 Å². The second kappa shape index (κ2) is 4.79. The largest absolute Gasteiger partial charge is 0.397 e. The summed E-state index contributed by atoms with van der Waals surface area (Å²) >= 11 is 0. The van der Waals surface area contributed by atoms with Crippen LogP contribution in [0.3, 0.4) is 0 Å². The lowest BCUT2D eigenvalue weighted by molar-refractivity contribution is 0.0700. The van der Waals surface area contributed by atoms with E-state index in [1.165, 1.54) is 0 Å². The van der Waals surface area contributed by atoms with Crippen molar-refractivity contribution in [3.63, 3.8) is 0 Å². The van der Waals surface area contributed by atoms with E-state index in [1.807, 2.05) is 11.0 Å². The molecule has 0 radical (unpaired) electrons. The van der Waals surface area contributed by atoms with E-state index in [0.717, 1.165) is 31.6 Å². The standard InChI is InChI=1S/C13H17N5O/c14-10-6-12(15-7-10)13(19)18-5-1-2-9(8-18)11-3-4-16-17-11/h3-4,6-7,9,15H,1-2,5,8,14H2,(H,16,17). The number of carbonyl (C=O) groups is 1. The minimum atomic E-state index is 0.0147. The molecule has 2 aromatic heterocycles. The molecule has 1 aliphatic rings. The normalized spacial score (nSPS) is 19.6. The number of nitrogens with one attached hydrogen (secondary N) is 2. The van der Waals surface area contributed by atoms with Crippen molar-refractivity contribution in [1.82, 2.24) is 20.1 Å². The topological polar surface area (TPSA) is 90.8 Å². The second-order valence-corrected chi connectivity index (χ2v) is 4.95. The van der Waals surface area contributed by atoms with Crippen LogP contribution in [0.4, 0.5) is 5.69 Å². The second-order valence-electron chi connectivity index (χ2n) is 4.95. The van der Waals surface area contributed by atoms with Crippen molar-refractivity contribution < 1.29 is 4.79 Å². The summed E-state index contributed by atoms with van der Waals surface area (Å²) in [5.41, 5.74) is 7.88. The van der Waals surface area contributed by atoms with Crippen LogP contribution in [0.1, 0.15) is 34.9 Å². The Morgan fingerprint density at radius 3 is 3.11 bits per heavy atom. The molecule has 1 fully saturated rings. The van der Waals surface area contributed by atoms with Crippen LogP contribution in [0.2, 0.25) is 0 Å². The lowest BCUT2D eigenvalue weighted by Crippen LogP contribution is -2.39. The summed E-state index contributed by atoms with van der Waals surface area (Å²) in [7, 11) is 0. The Bertz CT molecular complexity index is 559. The molecule has 3 heterocycles. The fraction of sp³-hybridized carbons (Fsp3) is 0.385. The number of carbonyl (C=O) groups excluding carboxylic acids is 1. The summed E-state index contributed by atoms with van der Waals surface area (Å²) in [6.07, 6.45) is 5.48. The molecular weight excluding hydrogens is 242 g/mol. The van der Waals surface area contributed by atoms with Crippen LogP contribution in [-0.2, 0) is 0 Å². The highest BCUT2D eigenvalue weighted by Crippen LogP contribution is 2.26. The molecule has 0 saturated carbocycles. The van der Waals surface area contributed by atoms with Crippen molar-refractivity contribution in [1.29, 1.82) is 0 Å². The molecule has 1 atom stereocenters. The van der Waals surface area contributed by atoms with Gasteiger partial charge in [0.15, 0.2) is 0 Å². The lowest BCUT2D eigenvalue weighted by Gasteiger charge is -2.31. The molecular formula is C13H17N5O. The maximum Gasteiger partial charge on any atom is 0.270 e. The van der Waals surface area contributed by atoms with Gasteiger partial charge in [0.25, 0.3) is 5.91 Å². The van der Waals surface area contributed by atoms with E-state index in [-0.39, 0.29) is 5.91 Å². The van der Waals surface area contributed by atoms with Crippen LogP contribution in [-0.4, -0.2) is 39.1 Å². The predicted octanol–water partition coefficient (Wildman–Crippen LogP) is 1.34. The molecule has 2 aromatic rings. The zero-order valence-electron chi connectivity index (χ0n) is 10.6. The number of nitrogens with zero attached hydrogens (tertiary/aromatic N) is 2. The zero-order valence-corrected chi connectivity index (χ0v) is 10.6. The summed E-state index contributed by atoms with van der Waals surface area (Å²) in [4.78, 5) is 17.1. The smallest absolute Gasteiger partial charge is 0.270 e. The maximum atomic E-state index is 12.3. The highest BCUT2D eigenvalue weighted by atomic mass is 16.2. The Hall–Kier alpha value is -2.24. The van der Waals surface area contributed by atoms with Gasteiger partial charge in [-0.3, -0.25) is 9.89 Å². The molecule has 100 valence electrons. The fourth-order valence-electron chi connectivity index (χ4n) is 2.61. The van der Waals surface area contributed by atoms with Crippen LogP contribution < -0.4 is 5.73 Å². The average molecular weight is 259 g/mol. The first-order valence-corrected chi connectivity index (χ1v) is 6.46. The van der Waals surface area contributed by atoms with E-state index in [1.54, 1.807) is 18.5 Å². The molecule has 0 aliphatic carbocycles. The molecule has 1 unspecified atom stereocenters. The van der Waals surface area contributed by atoms with Crippen molar-refractivity contribution >= 4 is 11.6 Å². The van der Waals surface area contributed by atoms with Gasteiger partial charge < -0.3 is 15.6 Å². The van der Waals surface area contributed by atoms with Crippen molar-refractivity contribution in [2.75, 3.05) is 18.8 Å². The first-order valence-electron chi connectivity index (χ1n) is 6.46. The van der Waals surface area contributed by atoms with Crippen molar-refractivity contribution in [3.8, 4) is 0 Å². The third-order valence-electron chi connectivity index (χ3n) is 3.61. The summed E-state index contributed by atoms with van der Waals surface area (Å²) in [6.45, 7) is 1.52. The first kappa shape index (κ1) is 11.8. The number of likely N-dealkylation sites (tertiary alicyclic amines) is 1. The number of rotatable bonds is 2. The molecule has 6 nitrogen and oxygen atoms in total. The zero-order chi connectivity index (χ0) is 13.2.